The van der Waals surface area contributed by atoms with Gasteiger partial charge in [0.25, 0.3) is 0 Å². The quantitative estimate of drug-likeness (QED) is 0.904. The summed E-state index contributed by atoms with van der Waals surface area (Å²) in [6.07, 6.45) is 0. The van der Waals surface area contributed by atoms with Gasteiger partial charge in [-0.25, -0.2) is 0 Å². The Balaban J connectivity index is 2.33. The zero-order valence-electron chi connectivity index (χ0n) is 10.4. The van der Waals surface area contributed by atoms with Crippen LogP contribution in [0.5, 0.6) is 0 Å². The van der Waals surface area contributed by atoms with Gasteiger partial charge in [-0.3, -0.25) is 4.79 Å². The number of halogens is 1. The molecule has 0 fully saturated rings. The summed E-state index contributed by atoms with van der Waals surface area (Å²) < 4.78 is 0. The first-order valence-electron chi connectivity index (χ1n) is 5.84. The summed E-state index contributed by atoms with van der Waals surface area (Å²) in [7, 11) is 0. The minimum atomic E-state index is -0.859. The van der Waals surface area contributed by atoms with Crippen molar-refractivity contribution in [1.82, 2.24) is 0 Å². The first kappa shape index (κ1) is 13.9. The van der Waals surface area contributed by atoms with Crippen molar-refractivity contribution >= 4 is 34.6 Å². The topological polar surface area (TPSA) is 40.5 Å². The zero-order chi connectivity index (χ0) is 13.8. The number of nitrogens with zero attached hydrogens (tertiary/aromatic N) is 1. The smallest absolute Gasteiger partial charge is 0.323 e. The van der Waals surface area contributed by atoms with Crippen LogP contribution in [0.25, 0.3) is 0 Å². The highest BCUT2D eigenvalue weighted by Gasteiger charge is 2.19. The van der Waals surface area contributed by atoms with Crippen LogP contribution in [0.15, 0.2) is 41.1 Å². The molecular weight excluding hydrogens is 282 g/mol. The highest BCUT2D eigenvalue weighted by atomic mass is 35.5. The molecule has 0 spiro atoms. The van der Waals surface area contributed by atoms with E-state index in [0.29, 0.717) is 5.02 Å². The number of benzene rings is 1. The van der Waals surface area contributed by atoms with E-state index >= 15 is 0 Å². The van der Waals surface area contributed by atoms with Crippen molar-refractivity contribution in [2.45, 2.75) is 13.0 Å². The average Bonchev–Trinajstić information content (AvgIpc) is 2.88. The van der Waals surface area contributed by atoms with Gasteiger partial charge in [-0.15, -0.1) is 0 Å². The van der Waals surface area contributed by atoms with E-state index in [-0.39, 0.29) is 12.6 Å². The summed E-state index contributed by atoms with van der Waals surface area (Å²) in [5.74, 6) is -0.859. The van der Waals surface area contributed by atoms with Gasteiger partial charge in [-0.1, -0.05) is 17.7 Å². The van der Waals surface area contributed by atoms with Crippen molar-refractivity contribution in [3.63, 3.8) is 0 Å². The van der Waals surface area contributed by atoms with Gasteiger partial charge < -0.3 is 10.0 Å². The van der Waals surface area contributed by atoms with E-state index < -0.39 is 5.97 Å². The first-order valence-corrected chi connectivity index (χ1v) is 7.16. The number of anilines is 1. The van der Waals surface area contributed by atoms with Crippen molar-refractivity contribution < 1.29 is 9.90 Å². The van der Waals surface area contributed by atoms with Crippen LogP contribution in [0.4, 0.5) is 5.69 Å². The van der Waals surface area contributed by atoms with Crippen LogP contribution in [0, 0.1) is 0 Å². The Bertz CT molecular complexity index is 556. The maximum Gasteiger partial charge on any atom is 0.323 e. The van der Waals surface area contributed by atoms with E-state index in [1.165, 1.54) is 0 Å². The Morgan fingerprint density at radius 1 is 1.47 bits per heavy atom. The first-order chi connectivity index (χ1) is 9.08. The van der Waals surface area contributed by atoms with E-state index in [4.69, 9.17) is 16.7 Å². The summed E-state index contributed by atoms with van der Waals surface area (Å²) in [5.41, 5.74) is 1.92. The Morgan fingerprint density at radius 3 is 2.84 bits per heavy atom. The third-order valence-corrected chi connectivity index (χ3v) is 3.88. The summed E-state index contributed by atoms with van der Waals surface area (Å²) in [6, 6.07) is 9.26. The molecule has 1 unspecified atom stereocenters. The summed E-state index contributed by atoms with van der Waals surface area (Å²) in [4.78, 5) is 12.9. The fourth-order valence-corrected chi connectivity index (χ4v) is 2.88. The molecule has 0 radical (unpaired) electrons. The number of carboxylic acid groups (broad SMARTS) is 1. The maximum absolute atomic E-state index is 11.1. The predicted molar refractivity (Wildman–Crippen MR) is 79.2 cm³/mol. The molecule has 19 heavy (non-hydrogen) atoms. The van der Waals surface area contributed by atoms with E-state index in [2.05, 4.69) is 0 Å². The lowest BCUT2D eigenvalue weighted by atomic mass is 10.1. The number of carboxylic acids is 1. The molecule has 1 aromatic carbocycles. The molecular formula is C14H14ClNO2S. The minimum Gasteiger partial charge on any atom is -0.480 e. The third kappa shape index (κ3) is 3.49. The molecule has 0 bridgehead atoms. The normalized spacial score (nSPS) is 12.1. The average molecular weight is 296 g/mol. The molecule has 2 aromatic rings. The molecule has 0 saturated heterocycles. The van der Waals surface area contributed by atoms with Crippen LogP contribution in [-0.4, -0.2) is 17.6 Å². The lowest BCUT2D eigenvalue weighted by Gasteiger charge is -2.29. The van der Waals surface area contributed by atoms with E-state index in [1.807, 2.05) is 40.8 Å². The molecule has 0 aliphatic heterocycles. The van der Waals surface area contributed by atoms with Gasteiger partial charge in [0, 0.05) is 10.7 Å². The van der Waals surface area contributed by atoms with Crippen molar-refractivity contribution in [3.05, 3.63) is 51.7 Å². The SMILES string of the molecule is CC(c1ccsc1)N(CC(=O)O)c1cccc(Cl)c1. The van der Waals surface area contributed by atoms with E-state index in [1.54, 1.807) is 23.5 Å². The highest BCUT2D eigenvalue weighted by Crippen LogP contribution is 2.29. The number of rotatable bonds is 5. The Hall–Kier alpha value is -1.52. The molecule has 5 heteroatoms. The van der Waals surface area contributed by atoms with Crippen molar-refractivity contribution in [2.24, 2.45) is 0 Å². The Labute approximate surface area is 121 Å². The summed E-state index contributed by atoms with van der Waals surface area (Å²) in [6.45, 7) is 1.93. The van der Waals surface area contributed by atoms with Gasteiger partial charge in [0.15, 0.2) is 0 Å². The van der Waals surface area contributed by atoms with Gasteiger partial charge in [0.1, 0.15) is 6.54 Å². The van der Waals surface area contributed by atoms with E-state index in [0.717, 1.165) is 11.3 Å². The summed E-state index contributed by atoms with van der Waals surface area (Å²) >= 11 is 7.59. The van der Waals surface area contributed by atoms with Crippen molar-refractivity contribution in [1.29, 1.82) is 0 Å². The van der Waals surface area contributed by atoms with Crippen LogP contribution in [0.3, 0.4) is 0 Å². The molecule has 1 aromatic heterocycles. The van der Waals surface area contributed by atoms with Gasteiger partial charge >= 0.3 is 5.97 Å². The van der Waals surface area contributed by atoms with Gasteiger partial charge in [0.2, 0.25) is 0 Å². The van der Waals surface area contributed by atoms with Crippen LogP contribution in [0.2, 0.25) is 5.02 Å². The van der Waals surface area contributed by atoms with Crippen molar-refractivity contribution in [2.75, 3.05) is 11.4 Å². The fraction of sp³-hybridized carbons (Fsp3) is 0.214. The fourth-order valence-electron chi connectivity index (χ4n) is 1.94. The number of hydrogen-bond donors (Lipinski definition) is 1. The number of hydrogen-bond acceptors (Lipinski definition) is 3. The lowest BCUT2D eigenvalue weighted by Crippen LogP contribution is -2.32. The molecule has 0 aliphatic rings. The standard InChI is InChI=1S/C14H14ClNO2S/c1-10(11-5-6-19-9-11)16(8-14(17)18)13-4-2-3-12(15)7-13/h2-7,9-10H,8H2,1H3,(H,17,18). The Morgan fingerprint density at radius 2 is 2.26 bits per heavy atom. The second kappa shape index (κ2) is 6.08. The molecule has 0 saturated carbocycles. The monoisotopic (exact) mass is 295 g/mol. The van der Waals surface area contributed by atoms with Crippen LogP contribution < -0.4 is 4.90 Å². The molecule has 1 atom stereocenters. The molecule has 3 nitrogen and oxygen atoms in total. The largest absolute Gasteiger partial charge is 0.480 e. The minimum absolute atomic E-state index is 0.0131. The van der Waals surface area contributed by atoms with Gasteiger partial charge in [-0.2, -0.15) is 11.3 Å². The third-order valence-electron chi connectivity index (χ3n) is 2.94. The van der Waals surface area contributed by atoms with E-state index in [9.17, 15) is 4.79 Å². The molecule has 0 amide bonds. The number of carbonyl (C=O) groups is 1. The second-order valence-corrected chi connectivity index (χ2v) is 5.45. The maximum atomic E-state index is 11.1. The highest BCUT2D eigenvalue weighted by molar-refractivity contribution is 7.08. The van der Waals surface area contributed by atoms with Crippen LogP contribution >= 0.6 is 22.9 Å². The predicted octanol–water partition coefficient (Wildman–Crippen LogP) is 4.05. The number of aliphatic carboxylic acids is 1. The molecule has 1 heterocycles. The lowest BCUT2D eigenvalue weighted by molar-refractivity contribution is -0.135. The second-order valence-electron chi connectivity index (χ2n) is 4.23. The molecule has 0 aliphatic carbocycles. The molecule has 1 N–H and O–H groups in total. The number of thiophene rings is 1. The van der Waals surface area contributed by atoms with Crippen LogP contribution in [-0.2, 0) is 4.79 Å². The van der Waals surface area contributed by atoms with Crippen molar-refractivity contribution in [3.8, 4) is 0 Å². The molecule has 100 valence electrons. The zero-order valence-corrected chi connectivity index (χ0v) is 12.0. The van der Waals surface area contributed by atoms with Crippen LogP contribution in [0.1, 0.15) is 18.5 Å². The summed E-state index contributed by atoms with van der Waals surface area (Å²) in [5, 5.41) is 13.7. The van der Waals surface area contributed by atoms with Gasteiger partial charge in [0.05, 0.1) is 6.04 Å². The van der Waals surface area contributed by atoms with Gasteiger partial charge in [-0.05, 0) is 47.5 Å². The molecule has 2 rings (SSSR count). The Kier molecular flexibility index (Phi) is 4.45.